The Morgan fingerprint density at radius 2 is 1.60 bits per heavy atom. The fraction of sp³-hybridized carbons (Fsp3) is 1.00. The highest BCUT2D eigenvalue weighted by molar-refractivity contribution is 4.70. The van der Waals surface area contributed by atoms with Crippen LogP contribution in [0, 0.1) is 0 Å². The molecule has 0 saturated carbocycles. The van der Waals surface area contributed by atoms with Crippen LogP contribution in [0.5, 0.6) is 0 Å². The molecule has 0 aliphatic carbocycles. The van der Waals surface area contributed by atoms with Gasteiger partial charge >= 0.3 is 0 Å². The first-order valence-corrected chi connectivity index (χ1v) is 3.64. The maximum atomic E-state index is 5.50. The Morgan fingerprint density at radius 1 is 1.10 bits per heavy atom. The van der Waals surface area contributed by atoms with E-state index in [4.69, 9.17) is 11.5 Å². The van der Waals surface area contributed by atoms with Gasteiger partial charge in [0.15, 0.2) is 0 Å². The molecular weight excluding hydrogens is 128 g/mol. The smallest absolute Gasteiger partial charge is 0.109 e. The van der Waals surface area contributed by atoms with Crippen molar-refractivity contribution in [2.45, 2.75) is 6.29 Å². The van der Waals surface area contributed by atoms with Crippen LogP contribution in [0.2, 0.25) is 0 Å². The summed E-state index contributed by atoms with van der Waals surface area (Å²) in [6, 6.07) is 0. The van der Waals surface area contributed by atoms with E-state index in [1.165, 1.54) is 0 Å². The number of nitrogens with zero attached hydrogens (tertiary/aromatic N) is 2. The topological polar surface area (TPSA) is 58.5 Å². The molecule has 0 amide bonds. The average Bonchev–Trinajstić information content (AvgIpc) is 1.88. The zero-order valence-corrected chi connectivity index (χ0v) is 6.45. The first kappa shape index (κ1) is 7.94. The molecule has 0 spiro atoms. The molecule has 0 unspecified atom stereocenters. The monoisotopic (exact) mass is 144 g/mol. The van der Waals surface area contributed by atoms with Crippen LogP contribution in [0.25, 0.3) is 0 Å². The molecule has 0 aromatic carbocycles. The molecule has 1 aliphatic heterocycles. The van der Waals surface area contributed by atoms with Crippen LogP contribution in [0.15, 0.2) is 0 Å². The average molecular weight is 144 g/mol. The second-order valence-electron chi connectivity index (χ2n) is 2.83. The summed E-state index contributed by atoms with van der Waals surface area (Å²) in [6.07, 6.45) is -0.270. The Bertz CT molecular complexity index is 95.9. The van der Waals surface area contributed by atoms with Crippen molar-refractivity contribution in [2.75, 3.05) is 33.2 Å². The maximum Gasteiger partial charge on any atom is 0.109 e. The van der Waals surface area contributed by atoms with Crippen molar-refractivity contribution in [2.24, 2.45) is 11.5 Å². The molecule has 4 heteroatoms. The first-order chi connectivity index (χ1) is 4.70. The normalized spacial score (nSPS) is 24.0. The lowest BCUT2D eigenvalue weighted by molar-refractivity contribution is 0.116. The Kier molecular flexibility index (Phi) is 2.62. The molecule has 0 aromatic rings. The lowest BCUT2D eigenvalue weighted by atomic mass is 10.3. The van der Waals surface area contributed by atoms with Crippen molar-refractivity contribution < 1.29 is 0 Å². The number of rotatable bonds is 1. The van der Waals surface area contributed by atoms with Gasteiger partial charge in [-0.15, -0.1) is 0 Å². The summed E-state index contributed by atoms with van der Waals surface area (Å²) in [5.41, 5.74) is 11.0. The van der Waals surface area contributed by atoms with Crippen molar-refractivity contribution >= 4 is 0 Å². The number of hydrogen-bond acceptors (Lipinski definition) is 4. The standard InChI is InChI=1S/C6H16N4/c1-9-2-4-10(5-3-9)6(7)8/h6H,2-5,7-8H2,1H3. The van der Waals surface area contributed by atoms with Crippen molar-refractivity contribution in [3.8, 4) is 0 Å². The quantitative estimate of drug-likeness (QED) is 0.437. The van der Waals surface area contributed by atoms with Gasteiger partial charge in [0.05, 0.1) is 0 Å². The van der Waals surface area contributed by atoms with E-state index in [1.807, 2.05) is 0 Å². The number of likely N-dealkylation sites (N-methyl/N-ethyl adjacent to an activating group) is 1. The van der Waals surface area contributed by atoms with E-state index in [2.05, 4.69) is 16.8 Å². The van der Waals surface area contributed by atoms with Crippen molar-refractivity contribution in [3.63, 3.8) is 0 Å². The highest BCUT2D eigenvalue weighted by atomic mass is 15.3. The molecular formula is C6H16N4. The van der Waals surface area contributed by atoms with Gasteiger partial charge in [-0.1, -0.05) is 0 Å². The van der Waals surface area contributed by atoms with Crippen LogP contribution in [0.3, 0.4) is 0 Å². The summed E-state index contributed by atoms with van der Waals surface area (Å²) in [7, 11) is 2.11. The number of piperazine rings is 1. The number of hydrogen-bond donors (Lipinski definition) is 2. The van der Waals surface area contributed by atoms with Gasteiger partial charge in [-0.25, -0.2) is 0 Å². The largest absolute Gasteiger partial charge is 0.304 e. The van der Waals surface area contributed by atoms with Crippen molar-refractivity contribution in [1.29, 1.82) is 0 Å². The Morgan fingerprint density at radius 3 is 2.00 bits per heavy atom. The minimum absolute atomic E-state index is 0.270. The molecule has 1 heterocycles. The molecule has 4 nitrogen and oxygen atoms in total. The lowest BCUT2D eigenvalue weighted by Gasteiger charge is -2.34. The molecule has 0 bridgehead atoms. The first-order valence-electron chi connectivity index (χ1n) is 3.64. The highest BCUT2D eigenvalue weighted by Gasteiger charge is 2.15. The molecule has 1 fully saturated rings. The van der Waals surface area contributed by atoms with Crippen LogP contribution < -0.4 is 11.5 Å². The van der Waals surface area contributed by atoms with E-state index in [9.17, 15) is 0 Å². The molecule has 1 saturated heterocycles. The van der Waals surface area contributed by atoms with Gasteiger partial charge in [-0.05, 0) is 7.05 Å². The predicted octanol–water partition coefficient (Wildman–Crippen LogP) is -1.57. The Balaban J connectivity index is 2.26. The third-order valence-corrected chi connectivity index (χ3v) is 1.96. The van der Waals surface area contributed by atoms with E-state index in [0.29, 0.717) is 0 Å². The summed E-state index contributed by atoms with van der Waals surface area (Å²) < 4.78 is 0. The lowest BCUT2D eigenvalue weighted by Crippen LogP contribution is -2.56. The molecule has 0 radical (unpaired) electrons. The molecule has 0 aromatic heterocycles. The van der Waals surface area contributed by atoms with E-state index in [0.717, 1.165) is 26.2 Å². The minimum atomic E-state index is -0.270. The minimum Gasteiger partial charge on any atom is -0.304 e. The molecule has 0 atom stereocenters. The van der Waals surface area contributed by atoms with Gasteiger partial charge in [0.2, 0.25) is 0 Å². The maximum absolute atomic E-state index is 5.50. The molecule has 1 rings (SSSR count). The van der Waals surface area contributed by atoms with Crippen LogP contribution in [-0.4, -0.2) is 49.3 Å². The van der Waals surface area contributed by atoms with Crippen molar-refractivity contribution in [1.82, 2.24) is 9.80 Å². The van der Waals surface area contributed by atoms with Gasteiger partial charge in [0.25, 0.3) is 0 Å². The summed E-state index contributed by atoms with van der Waals surface area (Å²) in [4.78, 5) is 4.36. The summed E-state index contributed by atoms with van der Waals surface area (Å²) in [5.74, 6) is 0. The van der Waals surface area contributed by atoms with Crippen LogP contribution in [-0.2, 0) is 0 Å². The molecule has 60 valence electrons. The Hall–Kier alpha value is -0.160. The second kappa shape index (κ2) is 3.30. The van der Waals surface area contributed by atoms with Gasteiger partial charge in [-0.3, -0.25) is 4.90 Å². The number of nitrogens with two attached hydrogens (primary N) is 2. The van der Waals surface area contributed by atoms with E-state index < -0.39 is 0 Å². The molecule has 1 aliphatic rings. The van der Waals surface area contributed by atoms with E-state index in [-0.39, 0.29) is 6.29 Å². The summed E-state index contributed by atoms with van der Waals surface area (Å²) in [6.45, 7) is 4.14. The third-order valence-electron chi connectivity index (χ3n) is 1.96. The zero-order valence-electron chi connectivity index (χ0n) is 6.45. The van der Waals surface area contributed by atoms with Crippen molar-refractivity contribution in [3.05, 3.63) is 0 Å². The fourth-order valence-electron chi connectivity index (χ4n) is 1.12. The van der Waals surface area contributed by atoms with Gasteiger partial charge in [0.1, 0.15) is 6.29 Å². The van der Waals surface area contributed by atoms with Gasteiger partial charge in [-0.2, -0.15) is 0 Å². The highest BCUT2D eigenvalue weighted by Crippen LogP contribution is 1.97. The van der Waals surface area contributed by atoms with Crippen LogP contribution in [0.1, 0.15) is 0 Å². The Labute approximate surface area is 61.8 Å². The predicted molar refractivity (Wildman–Crippen MR) is 41.2 cm³/mol. The van der Waals surface area contributed by atoms with E-state index in [1.54, 1.807) is 0 Å². The zero-order chi connectivity index (χ0) is 7.56. The summed E-state index contributed by atoms with van der Waals surface area (Å²) in [5, 5.41) is 0. The SMILES string of the molecule is CN1CCN(C(N)N)CC1. The van der Waals surface area contributed by atoms with E-state index >= 15 is 0 Å². The van der Waals surface area contributed by atoms with Crippen LogP contribution in [0.4, 0.5) is 0 Å². The van der Waals surface area contributed by atoms with Gasteiger partial charge < -0.3 is 16.4 Å². The third kappa shape index (κ3) is 1.91. The summed E-state index contributed by atoms with van der Waals surface area (Å²) >= 11 is 0. The fourth-order valence-corrected chi connectivity index (χ4v) is 1.12. The van der Waals surface area contributed by atoms with Gasteiger partial charge in [0, 0.05) is 26.2 Å². The molecule has 4 N–H and O–H groups in total. The van der Waals surface area contributed by atoms with Crippen LogP contribution >= 0.6 is 0 Å². The second-order valence-corrected chi connectivity index (χ2v) is 2.83. The molecule has 10 heavy (non-hydrogen) atoms.